The SMILES string of the molecule is Cc1[nH]c2ccc(F)cc2c1CC(=O)N(C)CCc1ccncc1. The Morgan fingerprint density at radius 2 is 2.00 bits per heavy atom. The minimum Gasteiger partial charge on any atom is -0.358 e. The molecule has 0 saturated carbocycles. The van der Waals surface area contributed by atoms with Gasteiger partial charge < -0.3 is 9.88 Å². The van der Waals surface area contributed by atoms with E-state index in [0.29, 0.717) is 6.54 Å². The third kappa shape index (κ3) is 3.45. The minimum absolute atomic E-state index is 0.0253. The Morgan fingerprint density at radius 3 is 2.75 bits per heavy atom. The molecular formula is C19H20FN3O. The van der Waals surface area contributed by atoms with E-state index in [1.165, 1.54) is 12.1 Å². The van der Waals surface area contributed by atoms with E-state index in [1.54, 1.807) is 30.4 Å². The van der Waals surface area contributed by atoms with Gasteiger partial charge in [-0.05, 0) is 54.8 Å². The molecule has 2 aromatic heterocycles. The largest absolute Gasteiger partial charge is 0.358 e. The van der Waals surface area contributed by atoms with Gasteiger partial charge in [0.1, 0.15) is 5.82 Å². The van der Waals surface area contributed by atoms with Crippen molar-refractivity contribution in [2.24, 2.45) is 0 Å². The second kappa shape index (κ2) is 6.83. The van der Waals surface area contributed by atoms with Gasteiger partial charge in [-0.2, -0.15) is 0 Å². The normalized spacial score (nSPS) is 11.0. The van der Waals surface area contributed by atoms with Crippen LogP contribution in [0.1, 0.15) is 16.8 Å². The molecule has 0 aliphatic rings. The molecule has 0 bridgehead atoms. The number of carbonyl (C=O) groups is 1. The lowest BCUT2D eigenvalue weighted by atomic mass is 10.1. The number of aromatic amines is 1. The fourth-order valence-electron chi connectivity index (χ4n) is 2.84. The Morgan fingerprint density at radius 1 is 1.25 bits per heavy atom. The summed E-state index contributed by atoms with van der Waals surface area (Å²) < 4.78 is 13.5. The van der Waals surface area contributed by atoms with Gasteiger partial charge in [-0.1, -0.05) is 0 Å². The van der Waals surface area contributed by atoms with Crippen LogP contribution >= 0.6 is 0 Å². The van der Waals surface area contributed by atoms with Crippen LogP contribution in [0.15, 0.2) is 42.7 Å². The smallest absolute Gasteiger partial charge is 0.226 e. The maximum Gasteiger partial charge on any atom is 0.226 e. The van der Waals surface area contributed by atoms with E-state index in [4.69, 9.17) is 0 Å². The summed E-state index contributed by atoms with van der Waals surface area (Å²) in [4.78, 5) is 21.4. The number of likely N-dealkylation sites (N-methyl/N-ethyl adjacent to an activating group) is 1. The quantitative estimate of drug-likeness (QED) is 0.783. The third-order valence-corrected chi connectivity index (χ3v) is 4.32. The van der Waals surface area contributed by atoms with Crippen molar-refractivity contribution < 1.29 is 9.18 Å². The van der Waals surface area contributed by atoms with Gasteiger partial charge in [0.25, 0.3) is 0 Å². The van der Waals surface area contributed by atoms with Crippen LogP contribution in [0.25, 0.3) is 10.9 Å². The molecule has 0 saturated heterocycles. The highest BCUT2D eigenvalue weighted by Crippen LogP contribution is 2.24. The predicted molar refractivity (Wildman–Crippen MR) is 92.3 cm³/mol. The van der Waals surface area contributed by atoms with Gasteiger partial charge in [-0.15, -0.1) is 0 Å². The van der Waals surface area contributed by atoms with Crippen molar-refractivity contribution in [3.05, 3.63) is 65.4 Å². The average Bonchev–Trinajstić information content (AvgIpc) is 2.89. The fourth-order valence-corrected chi connectivity index (χ4v) is 2.84. The molecule has 5 heteroatoms. The van der Waals surface area contributed by atoms with Crippen LogP contribution < -0.4 is 0 Å². The van der Waals surface area contributed by atoms with Gasteiger partial charge in [-0.25, -0.2) is 4.39 Å². The number of aryl methyl sites for hydroxylation is 1. The van der Waals surface area contributed by atoms with E-state index in [0.717, 1.165) is 34.1 Å². The lowest BCUT2D eigenvalue weighted by molar-refractivity contribution is -0.129. The van der Waals surface area contributed by atoms with Crippen LogP contribution in [0.4, 0.5) is 4.39 Å². The zero-order valence-electron chi connectivity index (χ0n) is 13.8. The number of H-pyrrole nitrogens is 1. The fraction of sp³-hybridized carbons (Fsp3) is 0.263. The van der Waals surface area contributed by atoms with E-state index >= 15 is 0 Å². The molecule has 0 aliphatic carbocycles. The average molecular weight is 325 g/mol. The second-order valence-electron chi connectivity index (χ2n) is 6.02. The molecule has 1 N–H and O–H groups in total. The molecule has 2 heterocycles. The molecule has 0 radical (unpaired) electrons. The number of halogens is 1. The summed E-state index contributed by atoms with van der Waals surface area (Å²) in [7, 11) is 1.80. The summed E-state index contributed by atoms with van der Waals surface area (Å²) in [5, 5.41) is 0.781. The van der Waals surface area contributed by atoms with Crippen molar-refractivity contribution >= 4 is 16.8 Å². The molecule has 0 aliphatic heterocycles. The van der Waals surface area contributed by atoms with Crippen LogP contribution in [0.5, 0.6) is 0 Å². The number of fused-ring (bicyclic) bond motifs is 1. The first kappa shape index (κ1) is 16.2. The molecule has 0 fully saturated rings. The molecular weight excluding hydrogens is 305 g/mol. The van der Waals surface area contributed by atoms with Crippen molar-refractivity contribution in [3.8, 4) is 0 Å². The molecule has 3 rings (SSSR count). The van der Waals surface area contributed by atoms with Crippen molar-refractivity contribution in [3.63, 3.8) is 0 Å². The molecule has 124 valence electrons. The van der Waals surface area contributed by atoms with Crippen LogP contribution in [0.2, 0.25) is 0 Å². The summed E-state index contributed by atoms with van der Waals surface area (Å²) in [6.45, 7) is 2.55. The van der Waals surface area contributed by atoms with E-state index < -0.39 is 0 Å². The second-order valence-corrected chi connectivity index (χ2v) is 6.02. The first-order valence-electron chi connectivity index (χ1n) is 7.94. The summed E-state index contributed by atoms with van der Waals surface area (Å²) in [6.07, 6.45) is 4.55. The summed E-state index contributed by atoms with van der Waals surface area (Å²) in [6, 6.07) is 8.51. The van der Waals surface area contributed by atoms with Crippen molar-refractivity contribution in [2.75, 3.05) is 13.6 Å². The monoisotopic (exact) mass is 325 g/mol. The van der Waals surface area contributed by atoms with Crippen LogP contribution in [0, 0.1) is 12.7 Å². The molecule has 0 spiro atoms. The molecule has 1 amide bonds. The number of hydrogen-bond donors (Lipinski definition) is 1. The summed E-state index contributed by atoms with van der Waals surface area (Å²) >= 11 is 0. The number of rotatable bonds is 5. The molecule has 24 heavy (non-hydrogen) atoms. The number of nitrogens with zero attached hydrogens (tertiary/aromatic N) is 2. The zero-order chi connectivity index (χ0) is 17.1. The number of pyridine rings is 1. The Balaban J connectivity index is 1.70. The van der Waals surface area contributed by atoms with Crippen molar-refractivity contribution in [1.82, 2.24) is 14.9 Å². The summed E-state index contributed by atoms with van der Waals surface area (Å²) in [5.41, 5.74) is 3.78. The van der Waals surface area contributed by atoms with Crippen LogP contribution in [-0.2, 0) is 17.6 Å². The van der Waals surface area contributed by atoms with Gasteiger partial charge >= 0.3 is 0 Å². The van der Waals surface area contributed by atoms with E-state index in [9.17, 15) is 9.18 Å². The number of benzene rings is 1. The van der Waals surface area contributed by atoms with Gasteiger partial charge in [0.15, 0.2) is 0 Å². The van der Waals surface area contributed by atoms with Gasteiger partial charge in [-0.3, -0.25) is 9.78 Å². The Hall–Kier alpha value is -2.69. The number of amides is 1. The molecule has 0 unspecified atom stereocenters. The molecule has 0 atom stereocenters. The van der Waals surface area contributed by atoms with E-state index in [1.807, 2.05) is 19.1 Å². The Kier molecular flexibility index (Phi) is 4.60. The maximum absolute atomic E-state index is 13.5. The Bertz CT molecular complexity index is 858. The highest BCUT2D eigenvalue weighted by Gasteiger charge is 2.16. The first-order chi connectivity index (χ1) is 11.5. The topological polar surface area (TPSA) is 49.0 Å². The van der Waals surface area contributed by atoms with Crippen molar-refractivity contribution in [2.45, 2.75) is 19.8 Å². The van der Waals surface area contributed by atoms with Crippen molar-refractivity contribution in [1.29, 1.82) is 0 Å². The van der Waals surface area contributed by atoms with Crippen LogP contribution in [0.3, 0.4) is 0 Å². The summed E-state index contributed by atoms with van der Waals surface area (Å²) in [5.74, 6) is -0.265. The number of nitrogens with one attached hydrogen (secondary N) is 1. The maximum atomic E-state index is 13.5. The zero-order valence-corrected chi connectivity index (χ0v) is 13.8. The lowest BCUT2D eigenvalue weighted by Crippen LogP contribution is -2.30. The number of aromatic nitrogens is 2. The number of hydrogen-bond acceptors (Lipinski definition) is 2. The Labute approximate surface area is 140 Å². The van der Waals surface area contributed by atoms with Gasteiger partial charge in [0.2, 0.25) is 5.91 Å². The first-order valence-corrected chi connectivity index (χ1v) is 7.94. The molecule has 1 aromatic carbocycles. The highest BCUT2D eigenvalue weighted by molar-refractivity contribution is 5.90. The predicted octanol–water partition coefficient (Wildman–Crippen LogP) is 3.25. The third-order valence-electron chi connectivity index (χ3n) is 4.32. The standard InChI is InChI=1S/C19H20FN3O/c1-13-16(17-11-15(20)3-4-18(17)22-13)12-19(24)23(2)10-7-14-5-8-21-9-6-14/h3-6,8-9,11,22H,7,10,12H2,1-2H3. The van der Waals surface area contributed by atoms with E-state index in [2.05, 4.69) is 9.97 Å². The lowest BCUT2D eigenvalue weighted by Gasteiger charge is -2.17. The van der Waals surface area contributed by atoms with Crippen LogP contribution in [-0.4, -0.2) is 34.4 Å². The number of carbonyl (C=O) groups excluding carboxylic acids is 1. The highest BCUT2D eigenvalue weighted by atomic mass is 19.1. The minimum atomic E-state index is -0.291. The van der Waals surface area contributed by atoms with Gasteiger partial charge in [0, 0.05) is 42.6 Å². The molecule has 3 aromatic rings. The molecule has 4 nitrogen and oxygen atoms in total. The van der Waals surface area contributed by atoms with E-state index in [-0.39, 0.29) is 18.1 Å². The van der Waals surface area contributed by atoms with Gasteiger partial charge in [0.05, 0.1) is 6.42 Å².